The van der Waals surface area contributed by atoms with Gasteiger partial charge in [0.2, 0.25) is 0 Å². The molecule has 0 fully saturated rings. The van der Waals surface area contributed by atoms with Crippen LogP contribution in [-0.2, 0) is 6.61 Å². The van der Waals surface area contributed by atoms with Gasteiger partial charge in [-0.05, 0) is 94.7 Å². The van der Waals surface area contributed by atoms with Crippen LogP contribution in [0.15, 0.2) is 100 Å². The Labute approximate surface area is 244 Å². The van der Waals surface area contributed by atoms with Crippen molar-refractivity contribution in [2.45, 2.75) is 38.8 Å². The van der Waals surface area contributed by atoms with Crippen LogP contribution < -0.4 is 14.8 Å². The second kappa shape index (κ2) is 11.3. The van der Waals surface area contributed by atoms with E-state index in [-0.39, 0.29) is 6.04 Å². The largest absolute Gasteiger partial charge is 0.493 e. The van der Waals surface area contributed by atoms with Gasteiger partial charge in [-0.15, -0.1) is 0 Å². The maximum Gasteiger partial charge on any atom is 0.175 e. The van der Waals surface area contributed by atoms with Gasteiger partial charge in [0.1, 0.15) is 6.61 Å². The van der Waals surface area contributed by atoms with E-state index in [0.29, 0.717) is 29.9 Å². The van der Waals surface area contributed by atoms with Crippen molar-refractivity contribution in [2.75, 3.05) is 12.4 Å². The highest BCUT2D eigenvalue weighted by Gasteiger charge is 2.37. The van der Waals surface area contributed by atoms with Crippen molar-refractivity contribution in [3.8, 4) is 11.5 Å². The van der Waals surface area contributed by atoms with E-state index in [2.05, 4.69) is 114 Å². The average Bonchev–Trinajstić information content (AvgIpc) is 3.45. The zero-order valence-electron chi connectivity index (χ0n) is 23.0. The van der Waals surface area contributed by atoms with Gasteiger partial charge in [0, 0.05) is 17.8 Å². The van der Waals surface area contributed by atoms with Gasteiger partial charge in [-0.3, -0.25) is 4.99 Å². The molecule has 0 bridgehead atoms. The summed E-state index contributed by atoms with van der Waals surface area (Å²) in [6.07, 6.45) is 7.67. The summed E-state index contributed by atoms with van der Waals surface area (Å²) in [6, 6.07) is 28.0. The highest BCUT2D eigenvalue weighted by atomic mass is 79.9. The Bertz CT molecular complexity index is 1570. The van der Waals surface area contributed by atoms with Gasteiger partial charge >= 0.3 is 0 Å². The van der Waals surface area contributed by atoms with Crippen LogP contribution in [-0.4, -0.2) is 13.3 Å². The van der Waals surface area contributed by atoms with E-state index in [4.69, 9.17) is 14.5 Å². The van der Waals surface area contributed by atoms with Gasteiger partial charge in [-0.25, -0.2) is 0 Å². The summed E-state index contributed by atoms with van der Waals surface area (Å²) in [5, 5.41) is 3.80. The number of ether oxygens (including phenoxy) is 2. The Morgan fingerprint density at radius 2 is 1.75 bits per heavy atom. The first-order chi connectivity index (χ1) is 19.5. The van der Waals surface area contributed by atoms with Gasteiger partial charge in [0.05, 0.1) is 23.3 Å². The minimum absolute atomic E-state index is 0.282. The number of hydrogen-bond acceptors (Lipinski definition) is 4. The molecule has 1 aliphatic carbocycles. The lowest BCUT2D eigenvalue weighted by atomic mass is 9.77. The molecule has 1 aliphatic heterocycles. The molecular weight excluding hydrogens is 560 g/mol. The highest BCUT2D eigenvalue weighted by Crippen LogP contribution is 2.49. The van der Waals surface area contributed by atoms with Crippen LogP contribution in [0.1, 0.15) is 51.8 Å². The molecule has 4 aromatic carbocycles. The predicted octanol–water partition coefficient (Wildman–Crippen LogP) is 9.23. The summed E-state index contributed by atoms with van der Waals surface area (Å²) in [4.78, 5) is 4.75. The number of nitrogens with one attached hydrogen (secondary N) is 1. The summed E-state index contributed by atoms with van der Waals surface area (Å²) in [6.45, 7) is 4.67. The molecule has 40 heavy (non-hydrogen) atoms. The second-order valence-electron chi connectivity index (χ2n) is 10.7. The van der Waals surface area contributed by atoms with E-state index < -0.39 is 0 Å². The Morgan fingerprint density at radius 3 is 2.52 bits per heavy atom. The second-order valence-corrected chi connectivity index (χ2v) is 11.6. The van der Waals surface area contributed by atoms with Gasteiger partial charge in [0.15, 0.2) is 11.5 Å². The zero-order valence-corrected chi connectivity index (χ0v) is 24.6. The molecule has 4 nitrogen and oxygen atoms in total. The minimum atomic E-state index is 0.282. The minimum Gasteiger partial charge on any atom is -0.493 e. The zero-order chi connectivity index (χ0) is 27.6. The normalized spacial score (nSPS) is 19.2. The first kappa shape index (κ1) is 26.4. The number of halogens is 1. The van der Waals surface area contributed by atoms with E-state index in [0.717, 1.165) is 27.7 Å². The molecule has 3 atom stereocenters. The van der Waals surface area contributed by atoms with E-state index in [1.807, 2.05) is 18.3 Å². The van der Waals surface area contributed by atoms with Crippen molar-refractivity contribution < 1.29 is 9.47 Å². The molecule has 4 aromatic rings. The summed E-state index contributed by atoms with van der Waals surface area (Å²) in [5.74, 6) is 2.36. The first-order valence-corrected chi connectivity index (χ1v) is 14.5. The summed E-state index contributed by atoms with van der Waals surface area (Å²) < 4.78 is 12.7. The fourth-order valence-electron chi connectivity index (χ4n) is 6.05. The molecule has 0 radical (unpaired) electrons. The SMILES string of the molecule is COc1cc(C=Nc2ccc([C@@H]3Nc4ccccc4[C@H]4C=CC[C@H]43)cc2)cc(Br)c1OCc1cc(C)cc(C)c1. The molecule has 0 aromatic heterocycles. The number of para-hydroxylation sites is 1. The van der Waals surface area contributed by atoms with Crippen molar-refractivity contribution in [3.63, 3.8) is 0 Å². The van der Waals surface area contributed by atoms with Crippen molar-refractivity contribution in [1.29, 1.82) is 0 Å². The van der Waals surface area contributed by atoms with Gasteiger partial charge in [0.25, 0.3) is 0 Å². The quantitative estimate of drug-likeness (QED) is 0.172. The Hall–Kier alpha value is -3.83. The summed E-state index contributed by atoms with van der Waals surface area (Å²) in [5.41, 5.74) is 9.36. The third-order valence-corrected chi connectivity index (χ3v) is 8.39. The monoisotopic (exact) mass is 592 g/mol. The number of hydrogen-bond donors (Lipinski definition) is 1. The fourth-order valence-corrected chi connectivity index (χ4v) is 6.63. The number of rotatable bonds is 7. The average molecular weight is 594 g/mol. The van der Waals surface area contributed by atoms with Gasteiger partial charge in [-0.2, -0.15) is 0 Å². The molecule has 5 heteroatoms. The number of fused-ring (bicyclic) bond motifs is 3. The molecular formula is C35H33BrN2O2. The number of aliphatic imine (C=N–C) groups is 1. The fraction of sp³-hybridized carbons (Fsp3) is 0.229. The molecule has 0 saturated heterocycles. The molecule has 0 spiro atoms. The maximum absolute atomic E-state index is 6.17. The van der Waals surface area contributed by atoms with Crippen LogP contribution in [0.2, 0.25) is 0 Å². The number of benzene rings is 4. The van der Waals surface area contributed by atoms with Crippen molar-refractivity contribution in [3.05, 3.63) is 129 Å². The van der Waals surface area contributed by atoms with Gasteiger partial charge in [-0.1, -0.05) is 71.8 Å². The molecule has 1 N–H and O–H groups in total. The standard InChI is InChI=1S/C35H33BrN2O2/c1-22-15-23(2)17-25(16-22)21-40-35-31(36)18-24(19-33(35)39-3)20-37-27-13-11-26(12-14-27)34-30-9-6-8-28(30)29-7-4-5-10-32(29)38-34/h4-8,10-20,28,30,34,38H,9,21H2,1-3H3/t28-,30-,34+/m1/s1. The number of anilines is 1. The number of aryl methyl sites for hydroxylation is 2. The number of nitrogens with zero attached hydrogens (tertiary/aromatic N) is 1. The number of methoxy groups -OCH3 is 1. The molecule has 0 saturated carbocycles. The molecule has 1 heterocycles. The van der Waals surface area contributed by atoms with E-state index in [1.165, 1.54) is 27.9 Å². The van der Waals surface area contributed by atoms with Crippen LogP contribution in [0.5, 0.6) is 11.5 Å². The molecule has 0 amide bonds. The summed E-state index contributed by atoms with van der Waals surface area (Å²) in [7, 11) is 1.66. The number of allylic oxidation sites excluding steroid dienone is 2. The molecule has 0 unspecified atom stereocenters. The maximum atomic E-state index is 6.17. The van der Waals surface area contributed by atoms with Crippen LogP contribution in [0.25, 0.3) is 0 Å². The van der Waals surface area contributed by atoms with Crippen LogP contribution in [0, 0.1) is 19.8 Å². The molecule has 6 rings (SSSR count). The van der Waals surface area contributed by atoms with Crippen LogP contribution in [0.3, 0.4) is 0 Å². The topological polar surface area (TPSA) is 42.8 Å². The third-order valence-electron chi connectivity index (χ3n) is 7.80. The third kappa shape index (κ3) is 5.44. The molecule has 2 aliphatic rings. The van der Waals surface area contributed by atoms with E-state index in [9.17, 15) is 0 Å². The Kier molecular flexibility index (Phi) is 7.48. The Morgan fingerprint density at radius 1 is 0.975 bits per heavy atom. The van der Waals surface area contributed by atoms with Crippen LogP contribution in [0.4, 0.5) is 11.4 Å². The van der Waals surface area contributed by atoms with Gasteiger partial charge < -0.3 is 14.8 Å². The van der Waals surface area contributed by atoms with Crippen molar-refractivity contribution >= 4 is 33.5 Å². The highest BCUT2D eigenvalue weighted by molar-refractivity contribution is 9.10. The first-order valence-electron chi connectivity index (χ1n) is 13.7. The van der Waals surface area contributed by atoms with Crippen molar-refractivity contribution in [1.82, 2.24) is 0 Å². The lowest BCUT2D eigenvalue weighted by molar-refractivity contribution is 0.282. The van der Waals surface area contributed by atoms with Crippen molar-refractivity contribution in [2.24, 2.45) is 10.9 Å². The Balaban J connectivity index is 1.17. The summed E-state index contributed by atoms with van der Waals surface area (Å²) >= 11 is 3.68. The van der Waals surface area contributed by atoms with E-state index in [1.54, 1.807) is 7.11 Å². The van der Waals surface area contributed by atoms with Crippen LogP contribution >= 0.6 is 15.9 Å². The lowest BCUT2D eigenvalue weighted by Gasteiger charge is -2.37. The lowest BCUT2D eigenvalue weighted by Crippen LogP contribution is -2.28. The predicted molar refractivity (Wildman–Crippen MR) is 167 cm³/mol. The molecule has 202 valence electrons. The van der Waals surface area contributed by atoms with E-state index >= 15 is 0 Å². The smallest absolute Gasteiger partial charge is 0.175 e.